The summed E-state index contributed by atoms with van der Waals surface area (Å²) in [5.74, 6) is -2.58. The van der Waals surface area contributed by atoms with Crippen molar-refractivity contribution < 1.29 is 8.78 Å². The number of fused-ring (bicyclic) bond motifs is 1. The van der Waals surface area contributed by atoms with Gasteiger partial charge in [0, 0.05) is 5.69 Å². The van der Waals surface area contributed by atoms with E-state index in [0.717, 1.165) is 5.56 Å². The van der Waals surface area contributed by atoms with Gasteiger partial charge in [-0.05, 0) is 12.5 Å². The van der Waals surface area contributed by atoms with Gasteiger partial charge in [0.25, 0.3) is 5.92 Å². The van der Waals surface area contributed by atoms with Crippen LogP contribution in [0.2, 0.25) is 0 Å². The van der Waals surface area contributed by atoms with E-state index in [0.29, 0.717) is 5.69 Å². The third-order valence-corrected chi connectivity index (χ3v) is 1.96. The van der Waals surface area contributed by atoms with E-state index in [-0.39, 0.29) is 13.0 Å². The summed E-state index contributed by atoms with van der Waals surface area (Å²) in [6.07, 6.45) is 1.48. The Balaban J connectivity index is 2.42. The molecule has 2 heterocycles. The first-order valence-electron chi connectivity index (χ1n) is 3.48. The smallest absolute Gasteiger partial charge is 0.263 e. The quantitative estimate of drug-likeness (QED) is 0.557. The molecule has 0 spiro atoms. The Kier molecular flexibility index (Phi) is 1.11. The van der Waals surface area contributed by atoms with Crippen molar-refractivity contribution >= 4 is 0 Å². The predicted octanol–water partition coefficient (Wildman–Crippen LogP) is 1.38. The maximum atomic E-state index is 12.7. The minimum atomic E-state index is -2.58. The Hall–Kier alpha value is -0.930. The van der Waals surface area contributed by atoms with Crippen LogP contribution in [0.5, 0.6) is 0 Å². The van der Waals surface area contributed by atoms with E-state index in [9.17, 15) is 8.78 Å². The molecular formula is C7H8F2N2. The number of hydrogen-bond donors (Lipinski definition) is 0. The Morgan fingerprint density at radius 3 is 3.00 bits per heavy atom. The highest BCUT2D eigenvalue weighted by Crippen LogP contribution is 2.30. The first-order valence-corrected chi connectivity index (χ1v) is 3.48. The fourth-order valence-electron chi connectivity index (χ4n) is 1.39. The van der Waals surface area contributed by atoms with Crippen molar-refractivity contribution in [3.05, 3.63) is 17.5 Å². The monoisotopic (exact) mass is 158 g/mol. The summed E-state index contributed by atoms with van der Waals surface area (Å²) in [6.45, 7) is 1.55. The minimum absolute atomic E-state index is 0.154. The van der Waals surface area contributed by atoms with Crippen LogP contribution in [-0.4, -0.2) is 15.7 Å². The molecule has 0 N–H and O–H groups in total. The van der Waals surface area contributed by atoms with Crippen molar-refractivity contribution in [2.45, 2.75) is 25.8 Å². The fourth-order valence-corrected chi connectivity index (χ4v) is 1.39. The molecule has 1 aliphatic rings. The number of aryl methyl sites for hydroxylation is 1. The van der Waals surface area contributed by atoms with Crippen LogP contribution in [0.3, 0.4) is 0 Å². The molecule has 0 radical (unpaired) electrons. The molecule has 1 aromatic heterocycles. The lowest BCUT2D eigenvalue weighted by molar-refractivity contribution is 0.000913. The van der Waals surface area contributed by atoms with Gasteiger partial charge in [-0.2, -0.15) is 5.10 Å². The molecule has 0 fully saturated rings. The summed E-state index contributed by atoms with van der Waals surface area (Å²) >= 11 is 0. The van der Waals surface area contributed by atoms with Crippen LogP contribution in [0.15, 0.2) is 6.20 Å². The Morgan fingerprint density at radius 2 is 2.36 bits per heavy atom. The third-order valence-electron chi connectivity index (χ3n) is 1.96. The van der Waals surface area contributed by atoms with Gasteiger partial charge in [0.05, 0.1) is 12.6 Å². The van der Waals surface area contributed by atoms with E-state index in [1.54, 1.807) is 13.1 Å². The average molecular weight is 158 g/mol. The zero-order valence-electron chi connectivity index (χ0n) is 6.14. The van der Waals surface area contributed by atoms with Gasteiger partial charge in [-0.15, -0.1) is 0 Å². The van der Waals surface area contributed by atoms with Gasteiger partial charge in [-0.25, -0.2) is 8.78 Å². The summed E-state index contributed by atoms with van der Waals surface area (Å²) in [5, 5.41) is 3.83. The zero-order chi connectivity index (χ0) is 8.06. The SMILES string of the molecule is Cc1cnn2c1CC(F)(F)C2. The molecule has 0 saturated carbocycles. The summed E-state index contributed by atoms with van der Waals surface area (Å²) in [5.41, 5.74) is 1.54. The molecule has 0 aromatic carbocycles. The summed E-state index contributed by atoms with van der Waals surface area (Å²) in [6, 6.07) is 0. The molecule has 0 unspecified atom stereocenters. The molecule has 60 valence electrons. The van der Waals surface area contributed by atoms with E-state index in [1.165, 1.54) is 4.68 Å². The van der Waals surface area contributed by atoms with Crippen molar-refractivity contribution in [1.82, 2.24) is 9.78 Å². The molecule has 2 rings (SSSR count). The molecule has 0 atom stereocenters. The van der Waals surface area contributed by atoms with Crippen LogP contribution in [-0.2, 0) is 13.0 Å². The van der Waals surface area contributed by atoms with E-state index in [4.69, 9.17) is 0 Å². The summed E-state index contributed by atoms with van der Waals surface area (Å²) in [4.78, 5) is 0. The predicted molar refractivity (Wildman–Crippen MR) is 35.6 cm³/mol. The molecular weight excluding hydrogens is 150 g/mol. The van der Waals surface area contributed by atoms with E-state index in [1.807, 2.05) is 0 Å². The van der Waals surface area contributed by atoms with Crippen LogP contribution < -0.4 is 0 Å². The van der Waals surface area contributed by atoms with Crippen molar-refractivity contribution in [3.8, 4) is 0 Å². The topological polar surface area (TPSA) is 17.8 Å². The molecule has 1 aromatic rings. The first-order chi connectivity index (χ1) is 5.08. The molecule has 2 nitrogen and oxygen atoms in total. The second-order valence-electron chi connectivity index (χ2n) is 2.96. The van der Waals surface area contributed by atoms with Crippen molar-refractivity contribution in [1.29, 1.82) is 0 Å². The standard InChI is InChI=1S/C7H8F2N2/c1-5-3-10-11-4-7(8,9)2-6(5)11/h3H,2,4H2,1H3. The number of nitrogens with zero attached hydrogens (tertiary/aromatic N) is 2. The molecule has 0 bridgehead atoms. The number of halogens is 2. The van der Waals surface area contributed by atoms with Gasteiger partial charge in [-0.1, -0.05) is 0 Å². The fraction of sp³-hybridized carbons (Fsp3) is 0.571. The Bertz CT molecular complexity index is 291. The zero-order valence-corrected chi connectivity index (χ0v) is 6.14. The largest absolute Gasteiger partial charge is 0.272 e. The Labute approximate surface area is 62.8 Å². The molecule has 0 saturated heterocycles. The third kappa shape index (κ3) is 0.931. The normalized spacial score (nSPS) is 20.3. The van der Waals surface area contributed by atoms with Crippen LogP contribution in [0.25, 0.3) is 0 Å². The van der Waals surface area contributed by atoms with Crippen LogP contribution in [0, 0.1) is 6.92 Å². The average Bonchev–Trinajstić information content (AvgIpc) is 2.31. The Morgan fingerprint density at radius 1 is 1.64 bits per heavy atom. The van der Waals surface area contributed by atoms with Crippen molar-refractivity contribution in [2.75, 3.05) is 0 Å². The molecule has 0 aliphatic carbocycles. The lowest BCUT2D eigenvalue weighted by Crippen LogP contribution is -2.17. The maximum Gasteiger partial charge on any atom is 0.272 e. The van der Waals surface area contributed by atoms with Gasteiger partial charge < -0.3 is 0 Å². The van der Waals surface area contributed by atoms with Gasteiger partial charge >= 0.3 is 0 Å². The van der Waals surface area contributed by atoms with E-state index in [2.05, 4.69) is 5.10 Å². The maximum absolute atomic E-state index is 12.7. The van der Waals surface area contributed by atoms with Crippen LogP contribution in [0.4, 0.5) is 8.78 Å². The minimum Gasteiger partial charge on any atom is -0.263 e. The van der Waals surface area contributed by atoms with E-state index >= 15 is 0 Å². The summed E-state index contributed by atoms with van der Waals surface area (Å²) < 4.78 is 26.8. The van der Waals surface area contributed by atoms with Gasteiger partial charge in [0.1, 0.15) is 6.54 Å². The highest BCUT2D eigenvalue weighted by Gasteiger charge is 2.38. The first kappa shape index (κ1) is 6.76. The highest BCUT2D eigenvalue weighted by molar-refractivity contribution is 5.20. The van der Waals surface area contributed by atoms with Gasteiger partial charge in [0.2, 0.25) is 0 Å². The second-order valence-corrected chi connectivity index (χ2v) is 2.96. The number of hydrogen-bond acceptors (Lipinski definition) is 1. The number of rotatable bonds is 0. The molecule has 0 amide bonds. The second kappa shape index (κ2) is 1.81. The lowest BCUT2D eigenvalue weighted by atomic mass is 10.2. The van der Waals surface area contributed by atoms with Gasteiger partial charge in [0.15, 0.2) is 0 Å². The van der Waals surface area contributed by atoms with Crippen molar-refractivity contribution in [2.24, 2.45) is 0 Å². The number of aromatic nitrogens is 2. The molecule has 11 heavy (non-hydrogen) atoms. The van der Waals surface area contributed by atoms with Crippen LogP contribution in [0.1, 0.15) is 11.3 Å². The number of alkyl halides is 2. The molecule has 1 aliphatic heterocycles. The van der Waals surface area contributed by atoms with Crippen LogP contribution >= 0.6 is 0 Å². The van der Waals surface area contributed by atoms with Crippen molar-refractivity contribution in [3.63, 3.8) is 0 Å². The summed E-state index contributed by atoms with van der Waals surface area (Å²) in [7, 11) is 0. The van der Waals surface area contributed by atoms with Gasteiger partial charge in [-0.3, -0.25) is 4.68 Å². The molecule has 4 heteroatoms. The highest BCUT2D eigenvalue weighted by atomic mass is 19.3. The lowest BCUT2D eigenvalue weighted by Gasteiger charge is -2.04. The van der Waals surface area contributed by atoms with E-state index < -0.39 is 5.92 Å².